The van der Waals surface area contributed by atoms with Gasteiger partial charge in [0.05, 0.1) is 5.92 Å². The van der Waals surface area contributed by atoms with Crippen molar-refractivity contribution in [3.05, 3.63) is 0 Å². The van der Waals surface area contributed by atoms with E-state index >= 15 is 0 Å². The summed E-state index contributed by atoms with van der Waals surface area (Å²) < 4.78 is 39.4. The maximum atomic E-state index is 13.1. The summed E-state index contributed by atoms with van der Waals surface area (Å²) in [6.45, 7) is 2.20. The van der Waals surface area contributed by atoms with Gasteiger partial charge in [0.15, 0.2) is 0 Å². The minimum atomic E-state index is -4.07. The van der Waals surface area contributed by atoms with Crippen LogP contribution in [0, 0.1) is 23.7 Å². The third-order valence-electron chi connectivity index (χ3n) is 5.26. The molecule has 0 aromatic rings. The summed E-state index contributed by atoms with van der Waals surface area (Å²) in [4.78, 5) is 0. The number of halogens is 3. The van der Waals surface area contributed by atoms with Crippen LogP contribution in [-0.2, 0) is 0 Å². The van der Waals surface area contributed by atoms with Crippen molar-refractivity contribution in [2.45, 2.75) is 70.5 Å². The fraction of sp³-hybridized carbons (Fsp3) is 1.00. The van der Waals surface area contributed by atoms with Crippen LogP contribution in [0.15, 0.2) is 0 Å². The first-order valence-corrected chi connectivity index (χ1v) is 7.72. The van der Waals surface area contributed by atoms with Gasteiger partial charge in [-0.1, -0.05) is 32.6 Å². The van der Waals surface area contributed by atoms with E-state index in [0.29, 0.717) is 24.7 Å². The van der Waals surface area contributed by atoms with Gasteiger partial charge < -0.3 is 5.73 Å². The lowest BCUT2D eigenvalue weighted by Gasteiger charge is -2.41. The predicted octanol–water partition coefficient (Wildman–Crippen LogP) is 4.51. The molecule has 0 aliphatic heterocycles. The average molecular weight is 277 g/mol. The molecule has 2 N–H and O–H groups in total. The quantitative estimate of drug-likeness (QED) is 0.789. The molecule has 5 unspecified atom stereocenters. The van der Waals surface area contributed by atoms with Crippen LogP contribution in [0.3, 0.4) is 0 Å². The van der Waals surface area contributed by atoms with E-state index in [-0.39, 0.29) is 18.4 Å². The Morgan fingerprint density at radius 3 is 2.32 bits per heavy atom. The molecule has 2 fully saturated rings. The minimum absolute atomic E-state index is 0.255. The molecule has 0 aromatic carbocycles. The molecule has 2 aliphatic rings. The molecular formula is C15H26F3N. The number of hydrogen-bond donors (Lipinski definition) is 1. The van der Waals surface area contributed by atoms with Crippen LogP contribution in [-0.4, -0.2) is 12.2 Å². The number of alkyl halides is 3. The minimum Gasteiger partial charge on any atom is -0.327 e. The molecule has 4 heteroatoms. The maximum Gasteiger partial charge on any atom is 0.392 e. The van der Waals surface area contributed by atoms with Crippen molar-refractivity contribution in [3.8, 4) is 0 Å². The number of nitrogens with two attached hydrogens (primary N) is 1. The van der Waals surface area contributed by atoms with Crippen LogP contribution in [0.1, 0.15) is 58.3 Å². The molecule has 5 atom stereocenters. The maximum absolute atomic E-state index is 13.1. The lowest BCUT2D eigenvalue weighted by Crippen LogP contribution is -2.47. The molecule has 19 heavy (non-hydrogen) atoms. The monoisotopic (exact) mass is 277 g/mol. The van der Waals surface area contributed by atoms with E-state index in [1.807, 2.05) is 0 Å². The largest absolute Gasteiger partial charge is 0.392 e. The molecule has 0 saturated heterocycles. The van der Waals surface area contributed by atoms with Crippen molar-refractivity contribution in [2.24, 2.45) is 29.4 Å². The molecule has 0 heterocycles. The second kappa shape index (κ2) is 6.02. The molecule has 0 spiro atoms. The van der Waals surface area contributed by atoms with Crippen LogP contribution in [0.2, 0.25) is 0 Å². The smallest absolute Gasteiger partial charge is 0.327 e. The summed E-state index contributed by atoms with van der Waals surface area (Å²) in [6.07, 6.45) is 2.86. The Labute approximate surface area is 114 Å². The fourth-order valence-corrected chi connectivity index (χ4v) is 4.21. The van der Waals surface area contributed by atoms with E-state index in [1.165, 1.54) is 6.42 Å². The van der Waals surface area contributed by atoms with Gasteiger partial charge in [0.25, 0.3) is 0 Å². The summed E-state index contributed by atoms with van der Waals surface area (Å²) in [5.41, 5.74) is 6.27. The predicted molar refractivity (Wildman–Crippen MR) is 70.6 cm³/mol. The Bertz CT molecular complexity index is 290. The topological polar surface area (TPSA) is 26.0 Å². The van der Waals surface area contributed by atoms with Gasteiger partial charge in [-0.25, -0.2) is 0 Å². The zero-order chi connectivity index (χ0) is 14.0. The lowest BCUT2D eigenvalue weighted by molar-refractivity contribution is -0.200. The molecule has 0 aromatic heterocycles. The average Bonchev–Trinajstić information content (AvgIpc) is 2.37. The van der Waals surface area contributed by atoms with Crippen LogP contribution < -0.4 is 5.73 Å². The van der Waals surface area contributed by atoms with Gasteiger partial charge in [-0.15, -0.1) is 0 Å². The van der Waals surface area contributed by atoms with Gasteiger partial charge in [-0.05, 0) is 43.4 Å². The highest BCUT2D eigenvalue weighted by Gasteiger charge is 2.48. The van der Waals surface area contributed by atoms with E-state index in [2.05, 4.69) is 6.92 Å². The molecule has 0 radical (unpaired) electrons. The van der Waals surface area contributed by atoms with Crippen LogP contribution >= 0.6 is 0 Å². The zero-order valence-electron chi connectivity index (χ0n) is 11.8. The van der Waals surface area contributed by atoms with E-state index in [0.717, 1.165) is 25.7 Å². The van der Waals surface area contributed by atoms with Crippen molar-refractivity contribution in [1.82, 2.24) is 0 Å². The lowest BCUT2D eigenvalue weighted by atomic mass is 9.68. The molecule has 1 nitrogen and oxygen atoms in total. The van der Waals surface area contributed by atoms with Gasteiger partial charge in [0, 0.05) is 6.04 Å². The SMILES string of the molecule is CC1CCCC(C(N)C2CCCCC2C(F)(F)F)C1. The summed E-state index contributed by atoms with van der Waals surface area (Å²) in [5, 5.41) is 0. The molecule has 0 amide bonds. The van der Waals surface area contributed by atoms with Crippen molar-refractivity contribution in [1.29, 1.82) is 0 Å². The Balaban J connectivity index is 2.04. The molecule has 112 valence electrons. The first-order valence-electron chi connectivity index (χ1n) is 7.72. The highest BCUT2D eigenvalue weighted by atomic mass is 19.4. The second-order valence-corrected chi connectivity index (χ2v) is 6.71. The number of rotatable bonds is 2. The van der Waals surface area contributed by atoms with Gasteiger partial charge in [0.1, 0.15) is 0 Å². The van der Waals surface area contributed by atoms with Crippen molar-refractivity contribution in [3.63, 3.8) is 0 Å². The van der Waals surface area contributed by atoms with Crippen LogP contribution in [0.25, 0.3) is 0 Å². The zero-order valence-corrected chi connectivity index (χ0v) is 11.8. The van der Waals surface area contributed by atoms with Crippen LogP contribution in [0.5, 0.6) is 0 Å². The van der Waals surface area contributed by atoms with E-state index in [4.69, 9.17) is 5.73 Å². The van der Waals surface area contributed by atoms with Crippen LogP contribution in [0.4, 0.5) is 13.2 Å². The molecule has 2 rings (SSSR count). The van der Waals surface area contributed by atoms with Gasteiger partial charge >= 0.3 is 6.18 Å². The van der Waals surface area contributed by atoms with Gasteiger partial charge in [-0.2, -0.15) is 13.2 Å². The third-order valence-corrected chi connectivity index (χ3v) is 5.26. The first kappa shape index (κ1) is 15.1. The third kappa shape index (κ3) is 3.65. The van der Waals surface area contributed by atoms with E-state index in [1.54, 1.807) is 0 Å². The summed E-state index contributed by atoms with van der Waals surface area (Å²) in [6, 6.07) is -0.255. The molecule has 2 aliphatic carbocycles. The summed E-state index contributed by atoms with van der Waals surface area (Å²) in [7, 11) is 0. The summed E-state index contributed by atoms with van der Waals surface area (Å²) >= 11 is 0. The molecule has 2 saturated carbocycles. The van der Waals surface area contributed by atoms with E-state index < -0.39 is 12.1 Å². The molecular weight excluding hydrogens is 251 g/mol. The normalized spacial score (nSPS) is 39.0. The molecule has 0 bridgehead atoms. The van der Waals surface area contributed by atoms with Gasteiger partial charge in [0.2, 0.25) is 0 Å². The Morgan fingerprint density at radius 2 is 1.68 bits per heavy atom. The van der Waals surface area contributed by atoms with Crippen molar-refractivity contribution in [2.75, 3.05) is 0 Å². The summed E-state index contributed by atoms with van der Waals surface area (Å²) in [5.74, 6) is -0.577. The second-order valence-electron chi connectivity index (χ2n) is 6.71. The highest BCUT2D eigenvalue weighted by Crippen LogP contribution is 2.45. The highest BCUT2D eigenvalue weighted by molar-refractivity contribution is 4.91. The first-order chi connectivity index (χ1) is 8.89. The van der Waals surface area contributed by atoms with Crippen molar-refractivity contribution < 1.29 is 13.2 Å². The standard InChI is InChI=1S/C15H26F3N/c1-10-5-4-6-11(9-10)14(19)12-7-2-3-8-13(12)15(16,17)18/h10-14H,2-9,19H2,1H3. The van der Waals surface area contributed by atoms with E-state index in [9.17, 15) is 13.2 Å². The Hall–Kier alpha value is -0.250. The Morgan fingerprint density at radius 1 is 1.00 bits per heavy atom. The fourth-order valence-electron chi connectivity index (χ4n) is 4.21. The Kier molecular flexibility index (Phi) is 4.80. The van der Waals surface area contributed by atoms with Gasteiger partial charge in [-0.3, -0.25) is 0 Å². The number of hydrogen-bond acceptors (Lipinski definition) is 1. The van der Waals surface area contributed by atoms with Crippen molar-refractivity contribution >= 4 is 0 Å².